The number of carboxylic acids is 1. The van der Waals surface area contributed by atoms with E-state index < -0.39 is 11.9 Å². The zero-order valence-corrected chi connectivity index (χ0v) is 14.5. The zero-order valence-electron chi connectivity index (χ0n) is 13.8. The summed E-state index contributed by atoms with van der Waals surface area (Å²) in [6.45, 7) is 0. The second kappa shape index (κ2) is 7.76. The van der Waals surface area contributed by atoms with Crippen molar-refractivity contribution in [2.45, 2.75) is 0 Å². The molecule has 0 spiro atoms. The fourth-order valence-electron chi connectivity index (χ4n) is 2.23. The van der Waals surface area contributed by atoms with E-state index in [9.17, 15) is 14.7 Å². The molecule has 0 aromatic heterocycles. The molecule has 0 saturated carbocycles. The normalized spacial score (nSPS) is 10.1. The molecule has 2 N–H and O–H groups in total. The monoisotopic (exact) mass is 365 g/mol. The van der Waals surface area contributed by atoms with Crippen molar-refractivity contribution in [3.8, 4) is 17.2 Å². The molecule has 0 aliphatic rings. The van der Waals surface area contributed by atoms with Crippen molar-refractivity contribution in [2.75, 3.05) is 26.6 Å². The molecule has 2 aromatic carbocycles. The van der Waals surface area contributed by atoms with Crippen LogP contribution in [0.5, 0.6) is 17.2 Å². The van der Waals surface area contributed by atoms with Crippen LogP contribution in [-0.4, -0.2) is 38.3 Å². The molecular weight excluding hydrogens is 350 g/mol. The van der Waals surface area contributed by atoms with Gasteiger partial charge < -0.3 is 24.6 Å². The number of benzene rings is 2. The summed E-state index contributed by atoms with van der Waals surface area (Å²) in [5, 5.41) is 11.9. The highest BCUT2D eigenvalue weighted by molar-refractivity contribution is 6.34. The topological polar surface area (TPSA) is 94.1 Å². The molecule has 0 heterocycles. The van der Waals surface area contributed by atoms with E-state index in [1.807, 2.05) is 0 Å². The van der Waals surface area contributed by atoms with E-state index in [-0.39, 0.29) is 21.8 Å². The van der Waals surface area contributed by atoms with E-state index in [1.165, 1.54) is 51.7 Å². The van der Waals surface area contributed by atoms with Gasteiger partial charge in [0.25, 0.3) is 5.91 Å². The van der Waals surface area contributed by atoms with Crippen molar-refractivity contribution in [1.29, 1.82) is 0 Å². The lowest BCUT2D eigenvalue weighted by atomic mass is 10.1. The molecule has 25 heavy (non-hydrogen) atoms. The molecule has 1 amide bonds. The van der Waals surface area contributed by atoms with Gasteiger partial charge in [0, 0.05) is 5.56 Å². The smallest absolute Gasteiger partial charge is 0.337 e. The van der Waals surface area contributed by atoms with Crippen LogP contribution in [0.2, 0.25) is 5.02 Å². The van der Waals surface area contributed by atoms with Crippen LogP contribution >= 0.6 is 11.6 Å². The third kappa shape index (κ3) is 3.77. The van der Waals surface area contributed by atoms with Gasteiger partial charge in [0.2, 0.25) is 5.75 Å². The third-order valence-corrected chi connectivity index (χ3v) is 3.72. The van der Waals surface area contributed by atoms with Crippen LogP contribution in [0.1, 0.15) is 20.7 Å². The molecule has 0 bridgehead atoms. The number of nitrogens with one attached hydrogen (secondary N) is 1. The zero-order chi connectivity index (χ0) is 18.6. The van der Waals surface area contributed by atoms with Crippen LogP contribution in [0.3, 0.4) is 0 Å². The summed E-state index contributed by atoms with van der Waals surface area (Å²) >= 11 is 6.02. The van der Waals surface area contributed by atoms with Gasteiger partial charge in [-0.3, -0.25) is 4.79 Å². The largest absolute Gasteiger partial charge is 0.493 e. The first-order chi connectivity index (χ1) is 11.9. The molecule has 2 rings (SSSR count). The number of carboxylic acid groups (broad SMARTS) is 1. The van der Waals surface area contributed by atoms with Gasteiger partial charge in [-0.05, 0) is 24.3 Å². The minimum absolute atomic E-state index is 0.00965. The van der Waals surface area contributed by atoms with Crippen molar-refractivity contribution in [2.24, 2.45) is 0 Å². The van der Waals surface area contributed by atoms with E-state index >= 15 is 0 Å². The van der Waals surface area contributed by atoms with Gasteiger partial charge in [0.15, 0.2) is 11.5 Å². The molecule has 0 aliphatic heterocycles. The average Bonchev–Trinajstić information content (AvgIpc) is 2.61. The van der Waals surface area contributed by atoms with Crippen molar-refractivity contribution in [1.82, 2.24) is 0 Å². The highest BCUT2D eigenvalue weighted by Crippen LogP contribution is 2.38. The van der Waals surface area contributed by atoms with E-state index in [4.69, 9.17) is 25.8 Å². The van der Waals surface area contributed by atoms with Gasteiger partial charge in [-0.15, -0.1) is 0 Å². The summed E-state index contributed by atoms with van der Waals surface area (Å²) in [5.74, 6) is -0.850. The second-order valence-corrected chi connectivity index (χ2v) is 5.24. The minimum Gasteiger partial charge on any atom is -0.493 e. The summed E-state index contributed by atoms with van der Waals surface area (Å²) in [7, 11) is 4.30. The number of hydrogen-bond donors (Lipinski definition) is 2. The first-order valence-corrected chi connectivity index (χ1v) is 7.43. The molecule has 0 saturated heterocycles. The average molecular weight is 366 g/mol. The Labute approximate surface area is 149 Å². The van der Waals surface area contributed by atoms with Gasteiger partial charge in [-0.2, -0.15) is 0 Å². The molecule has 8 heteroatoms. The Morgan fingerprint density at radius 1 is 1.04 bits per heavy atom. The number of carbonyl (C=O) groups excluding carboxylic acids is 1. The maximum Gasteiger partial charge on any atom is 0.337 e. The summed E-state index contributed by atoms with van der Waals surface area (Å²) in [6, 6.07) is 7.22. The fraction of sp³-hybridized carbons (Fsp3) is 0.176. The summed E-state index contributed by atoms with van der Waals surface area (Å²) < 4.78 is 15.6. The van der Waals surface area contributed by atoms with Crippen molar-refractivity contribution in [3.63, 3.8) is 0 Å². The highest BCUT2D eigenvalue weighted by atomic mass is 35.5. The lowest BCUT2D eigenvalue weighted by molar-refractivity contribution is 0.0698. The summed E-state index contributed by atoms with van der Waals surface area (Å²) in [5.41, 5.74) is 0.0782. The van der Waals surface area contributed by atoms with Gasteiger partial charge in [0.05, 0.1) is 37.6 Å². The number of halogens is 1. The Bertz CT molecular complexity index is 796. The number of anilines is 1. The number of methoxy groups -OCH3 is 3. The quantitative estimate of drug-likeness (QED) is 0.815. The second-order valence-electron chi connectivity index (χ2n) is 4.84. The van der Waals surface area contributed by atoms with Crippen LogP contribution in [-0.2, 0) is 0 Å². The third-order valence-electron chi connectivity index (χ3n) is 3.41. The van der Waals surface area contributed by atoms with E-state index in [0.717, 1.165) is 0 Å². The Morgan fingerprint density at radius 2 is 1.64 bits per heavy atom. The lowest BCUT2D eigenvalue weighted by Gasteiger charge is -2.15. The Kier molecular flexibility index (Phi) is 5.71. The maximum absolute atomic E-state index is 12.6. The van der Waals surface area contributed by atoms with Crippen LogP contribution < -0.4 is 19.5 Å². The van der Waals surface area contributed by atoms with Crippen LogP contribution in [0.4, 0.5) is 5.69 Å². The molecule has 7 nitrogen and oxygen atoms in total. The number of para-hydroxylation sites is 1. The summed E-state index contributed by atoms with van der Waals surface area (Å²) in [6.07, 6.45) is 0. The van der Waals surface area contributed by atoms with Gasteiger partial charge in [-0.1, -0.05) is 17.7 Å². The van der Waals surface area contributed by atoms with E-state index in [1.54, 1.807) is 0 Å². The van der Waals surface area contributed by atoms with Gasteiger partial charge >= 0.3 is 5.97 Å². The standard InChI is InChI=1S/C17H16ClNO6/c1-23-12-7-9(8-13(24-2)15(12)25-3)16(20)19-14-10(17(21)22)5-4-6-11(14)18/h4-8H,1-3H3,(H,19,20)(H,21,22). The van der Waals surface area contributed by atoms with Crippen LogP contribution in [0, 0.1) is 0 Å². The number of rotatable bonds is 6. The number of aromatic carboxylic acids is 1. The first-order valence-electron chi connectivity index (χ1n) is 7.06. The number of hydrogen-bond acceptors (Lipinski definition) is 5. The Balaban J connectivity index is 2.45. The molecule has 0 radical (unpaired) electrons. The SMILES string of the molecule is COc1cc(C(=O)Nc2c(Cl)cccc2C(=O)O)cc(OC)c1OC. The Hall–Kier alpha value is -2.93. The predicted molar refractivity (Wildman–Crippen MR) is 92.5 cm³/mol. The molecule has 132 valence electrons. The maximum atomic E-state index is 12.6. The van der Waals surface area contributed by atoms with Crippen molar-refractivity contribution < 1.29 is 28.9 Å². The van der Waals surface area contributed by atoms with Crippen LogP contribution in [0.15, 0.2) is 30.3 Å². The first kappa shape index (κ1) is 18.4. The predicted octanol–water partition coefficient (Wildman–Crippen LogP) is 3.32. The van der Waals surface area contributed by atoms with Crippen molar-refractivity contribution >= 4 is 29.2 Å². The highest BCUT2D eigenvalue weighted by Gasteiger charge is 2.20. The molecule has 0 unspecified atom stereocenters. The van der Waals surface area contributed by atoms with E-state index in [2.05, 4.69) is 5.32 Å². The van der Waals surface area contributed by atoms with Crippen molar-refractivity contribution in [3.05, 3.63) is 46.5 Å². The van der Waals surface area contributed by atoms with E-state index in [0.29, 0.717) is 17.2 Å². The Morgan fingerprint density at radius 3 is 2.12 bits per heavy atom. The lowest BCUT2D eigenvalue weighted by Crippen LogP contribution is -2.15. The molecule has 0 atom stereocenters. The number of carbonyl (C=O) groups is 2. The number of amides is 1. The number of ether oxygens (including phenoxy) is 3. The fourth-order valence-corrected chi connectivity index (χ4v) is 2.45. The molecule has 0 fully saturated rings. The van der Waals surface area contributed by atoms with Crippen LogP contribution in [0.25, 0.3) is 0 Å². The molecule has 0 aliphatic carbocycles. The molecule has 2 aromatic rings. The minimum atomic E-state index is -1.21. The van der Waals surface area contributed by atoms with Gasteiger partial charge in [-0.25, -0.2) is 4.79 Å². The van der Waals surface area contributed by atoms with Gasteiger partial charge in [0.1, 0.15) is 0 Å². The summed E-state index contributed by atoms with van der Waals surface area (Å²) in [4.78, 5) is 23.9. The molecular formula is C17H16ClNO6.